The van der Waals surface area contributed by atoms with Crippen LogP contribution in [-0.2, 0) is 0 Å². The normalized spacial score (nSPS) is 28.2. The number of hydrogen-bond donors (Lipinski definition) is 0. The van der Waals surface area contributed by atoms with Crippen molar-refractivity contribution in [2.45, 2.75) is 18.1 Å². The maximum Gasteiger partial charge on any atom is 0.111 e. The topological polar surface area (TPSA) is 0 Å². The Labute approximate surface area is 62.5 Å². The molecule has 1 atom stereocenters. The van der Waals surface area contributed by atoms with E-state index in [2.05, 4.69) is 12.3 Å². The molecule has 0 aromatic carbocycles. The summed E-state index contributed by atoms with van der Waals surface area (Å²) in [5.41, 5.74) is 1.36. The lowest BCUT2D eigenvalue weighted by molar-refractivity contribution is 1.09. The third kappa shape index (κ3) is 1.36. The fourth-order valence-corrected chi connectivity index (χ4v) is 3.39. The highest BCUT2D eigenvalue weighted by Gasteiger charge is 2.15. The van der Waals surface area contributed by atoms with Gasteiger partial charge in [-0.3, -0.25) is 0 Å². The summed E-state index contributed by atoms with van der Waals surface area (Å²) in [7, 11) is 3.46. The summed E-state index contributed by atoms with van der Waals surface area (Å²) >= 11 is 5.85. The zero-order valence-corrected chi connectivity index (χ0v) is 6.95. The fraction of sp³-hybridized carbons (Fsp3) is 0.600. The van der Waals surface area contributed by atoms with Gasteiger partial charge in [-0.05, 0) is 17.4 Å². The van der Waals surface area contributed by atoms with E-state index in [4.69, 9.17) is 11.6 Å². The monoisotopic (exact) mass is 166 g/mol. The van der Waals surface area contributed by atoms with Crippen LogP contribution >= 0.6 is 33.2 Å². The van der Waals surface area contributed by atoms with Crippen LogP contribution in [0.5, 0.6) is 0 Å². The first-order valence-corrected chi connectivity index (χ1v) is 5.21. The predicted octanol–water partition coefficient (Wildman–Crippen LogP) is 3.24. The molecule has 0 amide bonds. The van der Waals surface area contributed by atoms with Gasteiger partial charge >= 0.3 is 0 Å². The van der Waals surface area contributed by atoms with Gasteiger partial charge in [-0.2, -0.15) is 0 Å². The minimum atomic E-state index is 0.241. The van der Waals surface area contributed by atoms with E-state index >= 15 is 0 Å². The van der Waals surface area contributed by atoms with Crippen LogP contribution in [0.25, 0.3) is 0 Å². The van der Waals surface area contributed by atoms with E-state index in [0.29, 0.717) is 0 Å². The van der Waals surface area contributed by atoms with E-state index < -0.39 is 0 Å². The van der Waals surface area contributed by atoms with Gasteiger partial charge in [0.15, 0.2) is 0 Å². The van der Waals surface area contributed by atoms with Crippen LogP contribution in [0.2, 0.25) is 0 Å². The SMILES string of the molecule is CCC1=CSSC1Cl. The zero-order chi connectivity index (χ0) is 5.98. The van der Waals surface area contributed by atoms with Crippen molar-refractivity contribution in [3.05, 3.63) is 11.0 Å². The van der Waals surface area contributed by atoms with Crippen LogP contribution in [0.15, 0.2) is 11.0 Å². The van der Waals surface area contributed by atoms with Crippen molar-refractivity contribution in [1.29, 1.82) is 0 Å². The Bertz CT molecular complexity index is 111. The molecule has 0 fully saturated rings. The van der Waals surface area contributed by atoms with E-state index in [0.717, 1.165) is 6.42 Å². The number of rotatable bonds is 1. The molecule has 0 aromatic rings. The van der Waals surface area contributed by atoms with Gasteiger partial charge < -0.3 is 0 Å². The summed E-state index contributed by atoms with van der Waals surface area (Å²) in [4.78, 5) is 0. The Hall–Kier alpha value is 0.730. The smallest absolute Gasteiger partial charge is 0.105 e. The first-order valence-electron chi connectivity index (χ1n) is 2.49. The van der Waals surface area contributed by atoms with Crippen LogP contribution in [0.3, 0.4) is 0 Å². The van der Waals surface area contributed by atoms with Crippen molar-refractivity contribution in [1.82, 2.24) is 0 Å². The van der Waals surface area contributed by atoms with E-state index in [9.17, 15) is 0 Å². The van der Waals surface area contributed by atoms with Gasteiger partial charge in [0.05, 0.1) is 0 Å². The van der Waals surface area contributed by atoms with E-state index in [1.807, 2.05) is 0 Å². The quantitative estimate of drug-likeness (QED) is 0.433. The Morgan fingerprint density at radius 2 is 2.62 bits per heavy atom. The molecule has 1 aliphatic heterocycles. The summed E-state index contributed by atoms with van der Waals surface area (Å²) in [5.74, 6) is 0. The largest absolute Gasteiger partial charge is 0.111 e. The molecule has 46 valence electrons. The second-order valence-corrected chi connectivity index (χ2v) is 4.50. The van der Waals surface area contributed by atoms with Crippen molar-refractivity contribution in [2.24, 2.45) is 0 Å². The molecule has 0 aromatic heterocycles. The molecular formula is C5H7ClS2. The summed E-state index contributed by atoms with van der Waals surface area (Å²) in [5, 5.41) is 2.14. The van der Waals surface area contributed by atoms with E-state index in [1.54, 1.807) is 21.6 Å². The maximum absolute atomic E-state index is 5.85. The number of alkyl halides is 1. The lowest BCUT2D eigenvalue weighted by Crippen LogP contribution is -1.88. The highest BCUT2D eigenvalue weighted by Crippen LogP contribution is 2.43. The molecule has 0 nitrogen and oxygen atoms in total. The molecular weight excluding hydrogens is 160 g/mol. The van der Waals surface area contributed by atoms with Crippen molar-refractivity contribution in [2.75, 3.05) is 0 Å². The second kappa shape index (κ2) is 3.04. The van der Waals surface area contributed by atoms with Gasteiger partial charge in [-0.1, -0.05) is 28.5 Å². The minimum Gasteiger partial charge on any atom is -0.105 e. The summed E-state index contributed by atoms with van der Waals surface area (Å²) in [6, 6.07) is 0. The van der Waals surface area contributed by atoms with Crippen LogP contribution < -0.4 is 0 Å². The third-order valence-electron chi connectivity index (χ3n) is 1.04. The molecule has 3 heteroatoms. The van der Waals surface area contributed by atoms with Crippen molar-refractivity contribution < 1.29 is 0 Å². The van der Waals surface area contributed by atoms with Gasteiger partial charge in [-0.25, -0.2) is 0 Å². The molecule has 8 heavy (non-hydrogen) atoms. The molecule has 1 aliphatic rings. The number of hydrogen-bond acceptors (Lipinski definition) is 2. The average Bonchev–Trinajstić information content (AvgIpc) is 2.14. The highest BCUT2D eigenvalue weighted by molar-refractivity contribution is 8.78. The molecule has 1 rings (SSSR count). The molecule has 1 unspecified atom stereocenters. The Kier molecular flexibility index (Phi) is 2.60. The fourth-order valence-electron chi connectivity index (χ4n) is 0.497. The van der Waals surface area contributed by atoms with Crippen molar-refractivity contribution in [3.63, 3.8) is 0 Å². The average molecular weight is 167 g/mol. The van der Waals surface area contributed by atoms with Crippen LogP contribution in [0, 0.1) is 0 Å². The predicted molar refractivity (Wildman–Crippen MR) is 43.2 cm³/mol. The van der Waals surface area contributed by atoms with Gasteiger partial charge in [0.1, 0.15) is 4.71 Å². The minimum absolute atomic E-state index is 0.241. The first kappa shape index (κ1) is 6.84. The van der Waals surface area contributed by atoms with E-state index in [-0.39, 0.29) is 4.71 Å². The van der Waals surface area contributed by atoms with Gasteiger partial charge in [0, 0.05) is 0 Å². The molecule has 1 heterocycles. The molecule has 0 aliphatic carbocycles. The third-order valence-corrected chi connectivity index (χ3v) is 4.08. The van der Waals surface area contributed by atoms with Gasteiger partial charge in [-0.15, -0.1) is 11.6 Å². The highest BCUT2D eigenvalue weighted by atomic mass is 35.5. The van der Waals surface area contributed by atoms with Crippen LogP contribution in [0.4, 0.5) is 0 Å². The molecule has 0 spiro atoms. The Morgan fingerprint density at radius 1 is 1.88 bits per heavy atom. The van der Waals surface area contributed by atoms with Crippen molar-refractivity contribution in [3.8, 4) is 0 Å². The standard InChI is InChI=1S/C5H7ClS2/c1-2-4-3-7-8-5(4)6/h3,5H,2H2,1H3. The zero-order valence-electron chi connectivity index (χ0n) is 4.56. The van der Waals surface area contributed by atoms with Gasteiger partial charge in [0.2, 0.25) is 0 Å². The van der Waals surface area contributed by atoms with Gasteiger partial charge in [0.25, 0.3) is 0 Å². The summed E-state index contributed by atoms with van der Waals surface area (Å²) < 4.78 is 0.241. The van der Waals surface area contributed by atoms with Crippen LogP contribution in [-0.4, -0.2) is 4.71 Å². The number of halogens is 1. The first-order chi connectivity index (χ1) is 3.84. The molecule has 0 saturated heterocycles. The Morgan fingerprint density at radius 3 is 2.88 bits per heavy atom. The second-order valence-electron chi connectivity index (χ2n) is 1.55. The Balaban J connectivity index is 2.49. The molecule has 0 radical (unpaired) electrons. The lowest BCUT2D eigenvalue weighted by Gasteiger charge is -1.98. The summed E-state index contributed by atoms with van der Waals surface area (Å²) in [6.45, 7) is 2.13. The maximum atomic E-state index is 5.85. The van der Waals surface area contributed by atoms with Crippen LogP contribution in [0.1, 0.15) is 13.3 Å². The molecule has 0 saturated carbocycles. The van der Waals surface area contributed by atoms with E-state index in [1.165, 1.54) is 5.57 Å². The van der Waals surface area contributed by atoms with Crippen molar-refractivity contribution >= 4 is 33.2 Å². The molecule has 0 N–H and O–H groups in total. The lowest BCUT2D eigenvalue weighted by atomic mass is 10.3. The molecule has 0 bridgehead atoms. The summed E-state index contributed by atoms with van der Waals surface area (Å²) in [6.07, 6.45) is 1.09.